The van der Waals surface area contributed by atoms with E-state index in [0.717, 1.165) is 12.8 Å². The maximum atomic E-state index is 13.6. The number of rotatable bonds is 15. The maximum absolute atomic E-state index is 13.6. The van der Waals surface area contributed by atoms with Crippen LogP contribution in [0.4, 0.5) is 4.79 Å². The van der Waals surface area contributed by atoms with Crippen LogP contribution in [0.1, 0.15) is 107 Å². The molecule has 6 N–H and O–H groups in total. The van der Waals surface area contributed by atoms with Crippen molar-refractivity contribution < 1.29 is 33.9 Å². The fraction of sp³-hybridized carbons (Fsp3) is 0.806. The molecule has 0 aliphatic carbocycles. The molecule has 1 saturated heterocycles. The van der Waals surface area contributed by atoms with Crippen LogP contribution in [0.25, 0.3) is 0 Å². The van der Waals surface area contributed by atoms with Crippen LogP contribution < -0.4 is 26.6 Å². The zero-order valence-electron chi connectivity index (χ0n) is 28.1. The van der Waals surface area contributed by atoms with Gasteiger partial charge in [-0.05, 0) is 42.9 Å². The molecule has 0 aromatic heterocycles. The Balaban J connectivity index is 3.28. The first-order valence-electron chi connectivity index (χ1n) is 15.8. The molecule has 4 atom stereocenters. The predicted molar refractivity (Wildman–Crippen MR) is 168 cm³/mol. The number of carbonyl (C=O) groups is 6. The Hall–Kier alpha value is -3.38. The summed E-state index contributed by atoms with van der Waals surface area (Å²) in [5, 5.41) is 23.0. The highest BCUT2D eigenvalue weighted by Gasteiger charge is 2.38. The van der Waals surface area contributed by atoms with Gasteiger partial charge in [-0.3, -0.25) is 24.0 Å². The zero-order chi connectivity index (χ0) is 33.8. The van der Waals surface area contributed by atoms with Crippen molar-refractivity contribution in [2.24, 2.45) is 10.8 Å². The maximum Gasteiger partial charge on any atom is 0.315 e. The summed E-state index contributed by atoms with van der Waals surface area (Å²) in [7, 11) is 0. The second-order valence-corrected chi connectivity index (χ2v) is 13.8. The Labute approximate surface area is 262 Å². The van der Waals surface area contributed by atoms with Gasteiger partial charge >= 0.3 is 12.0 Å². The number of aliphatic carboxylic acids is 1. The fourth-order valence-corrected chi connectivity index (χ4v) is 5.12. The molecular weight excluding hydrogens is 568 g/mol. The molecule has 1 heterocycles. The molecule has 1 rings (SSSR count). The smallest absolute Gasteiger partial charge is 0.315 e. The van der Waals surface area contributed by atoms with Crippen molar-refractivity contribution in [1.82, 2.24) is 31.5 Å². The molecule has 6 amide bonds. The minimum absolute atomic E-state index is 0.0850. The van der Waals surface area contributed by atoms with Gasteiger partial charge in [-0.25, -0.2) is 4.79 Å². The van der Waals surface area contributed by atoms with E-state index in [1.807, 2.05) is 41.5 Å². The van der Waals surface area contributed by atoms with Crippen molar-refractivity contribution in [2.75, 3.05) is 13.1 Å². The number of hydrogen-bond donors (Lipinski definition) is 6. The van der Waals surface area contributed by atoms with E-state index in [0.29, 0.717) is 32.4 Å². The van der Waals surface area contributed by atoms with Gasteiger partial charge in [0, 0.05) is 25.2 Å². The molecule has 1 fully saturated rings. The van der Waals surface area contributed by atoms with Crippen LogP contribution in [0.15, 0.2) is 0 Å². The third-order valence-corrected chi connectivity index (χ3v) is 7.98. The Morgan fingerprint density at radius 2 is 1.16 bits per heavy atom. The Morgan fingerprint density at radius 3 is 1.61 bits per heavy atom. The lowest BCUT2D eigenvalue weighted by Crippen LogP contribution is -2.61. The molecule has 4 unspecified atom stereocenters. The highest BCUT2D eigenvalue weighted by Crippen LogP contribution is 2.22. The van der Waals surface area contributed by atoms with E-state index < -0.39 is 66.1 Å². The first kappa shape index (κ1) is 38.6. The van der Waals surface area contributed by atoms with Crippen LogP contribution >= 0.6 is 0 Å². The molecule has 0 bridgehead atoms. The molecule has 0 aromatic carbocycles. The summed E-state index contributed by atoms with van der Waals surface area (Å²) in [5.41, 5.74) is -1.10. The Kier molecular flexibility index (Phi) is 15.1. The standard InChI is InChI=1S/C31H56N6O7/c1-10-19(11-2)32-29(44)36-25(31(7,8)9)28(43)34-20(17-23(38)37-15-13-14-16-37)26(41)33-21(18-24(39)40)27(42)35-22(12-3)30(4,5)6/h19-22,25H,10-18H2,1-9H3,(H,33,41)(H,34,43)(H,35,42)(H,39,40)(H2,32,36,44). The number of likely N-dealkylation sites (tertiary alicyclic amines) is 1. The molecule has 1 aliphatic heterocycles. The minimum Gasteiger partial charge on any atom is -0.481 e. The molecule has 0 saturated carbocycles. The molecule has 1 aliphatic rings. The lowest BCUT2D eigenvalue weighted by molar-refractivity contribution is -0.142. The summed E-state index contributed by atoms with van der Waals surface area (Å²) in [6.07, 6.45) is 2.55. The van der Waals surface area contributed by atoms with Crippen LogP contribution in [-0.4, -0.2) is 88.9 Å². The lowest BCUT2D eigenvalue weighted by atomic mass is 9.85. The van der Waals surface area contributed by atoms with Crippen LogP contribution in [0.3, 0.4) is 0 Å². The second kappa shape index (κ2) is 17.2. The van der Waals surface area contributed by atoms with Crippen molar-refractivity contribution in [3.8, 4) is 0 Å². The Bertz CT molecular complexity index is 1010. The summed E-state index contributed by atoms with van der Waals surface area (Å²) in [6, 6.07) is -4.86. The molecule has 0 radical (unpaired) electrons. The van der Waals surface area contributed by atoms with Crippen molar-refractivity contribution in [3.63, 3.8) is 0 Å². The van der Waals surface area contributed by atoms with Crippen molar-refractivity contribution in [1.29, 1.82) is 0 Å². The van der Waals surface area contributed by atoms with Gasteiger partial charge in [0.25, 0.3) is 0 Å². The van der Waals surface area contributed by atoms with E-state index in [1.54, 1.807) is 25.7 Å². The highest BCUT2D eigenvalue weighted by molar-refractivity contribution is 5.97. The van der Waals surface area contributed by atoms with E-state index in [1.165, 1.54) is 0 Å². The first-order chi connectivity index (χ1) is 20.3. The van der Waals surface area contributed by atoms with E-state index in [9.17, 15) is 33.9 Å². The van der Waals surface area contributed by atoms with Gasteiger partial charge in [0.1, 0.15) is 18.1 Å². The molecule has 44 heavy (non-hydrogen) atoms. The number of carbonyl (C=O) groups excluding carboxylic acids is 5. The van der Waals surface area contributed by atoms with Gasteiger partial charge in [-0.1, -0.05) is 62.3 Å². The van der Waals surface area contributed by atoms with Gasteiger partial charge in [-0.2, -0.15) is 0 Å². The van der Waals surface area contributed by atoms with Crippen LogP contribution in [0.5, 0.6) is 0 Å². The quantitative estimate of drug-likeness (QED) is 0.161. The number of carboxylic acids is 1. The highest BCUT2D eigenvalue weighted by atomic mass is 16.4. The number of carboxylic acid groups (broad SMARTS) is 1. The number of urea groups is 1. The molecule has 252 valence electrons. The number of nitrogens with one attached hydrogen (secondary N) is 5. The van der Waals surface area contributed by atoms with E-state index in [2.05, 4.69) is 26.6 Å². The van der Waals surface area contributed by atoms with Gasteiger partial charge in [0.05, 0.1) is 12.8 Å². The predicted octanol–water partition coefficient (Wildman–Crippen LogP) is 2.29. The average molecular weight is 625 g/mol. The molecule has 13 heteroatoms. The summed E-state index contributed by atoms with van der Waals surface area (Å²) < 4.78 is 0. The molecular formula is C31H56N6O7. The monoisotopic (exact) mass is 624 g/mol. The summed E-state index contributed by atoms with van der Waals surface area (Å²) in [4.78, 5) is 79.6. The zero-order valence-corrected chi connectivity index (χ0v) is 28.1. The molecule has 0 aromatic rings. The Morgan fingerprint density at radius 1 is 0.659 bits per heavy atom. The van der Waals surface area contributed by atoms with Crippen molar-refractivity contribution >= 4 is 35.6 Å². The van der Waals surface area contributed by atoms with Crippen molar-refractivity contribution in [2.45, 2.75) is 137 Å². The van der Waals surface area contributed by atoms with Gasteiger partial charge in [0.15, 0.2) is 0 Å². The molecule has 13 nitrogen and oxygen atoms in total. The topological polar surface area (TPSA) is 186 Å². The summed E-state index contributed by atoms with van der Waals surface area (Å²) in [5.74, 6) is -3.89. The second-order valence-electron chi connectivity index (χ2n) is 13.8. The average Bonchev–Trinajstić information content (AvgIpc) is 3.46. The number of hydrogen-bond acceptors (Lipinski definition) is 6. The SMILES string of the molecule is CCC(CC)NC(=O)NC(C(=O)NC(CC(=O)N1CCCC1)C(=O)NC(CC(=O)O)C(=O)NC(CC)C(C)(C)C)C(C)(C)C. The number of nitrogens with zero attached hydrogens (tertiary/aromatic N) is 1. The fourth-order valence-electron chi connectivity index (χ4n) is 5.12. The molecule has 0 spiro atoms. The normalized spacial score (nSPS) is 16.4. The van der Waals surface area contributed by atoms with Gasteiger partial charge < -0.3 is 36.6 Å². The summed E-state index contributed by atoms with van der Waals surface area (Å²) in [6.45, 7) is 17.9. The van der Waals surface area contributed by atoms with Crippen LogP contribution in [0.2, 0.25) is 0 Å². The lowest BCUT2D eigenvalue weighted by Gasteiger charge is -2.33. The van der Waals surface area contributed by atoms with Crippen molar-refractivity contribution in [3.05, 3.63) is 0 Å². The van der Waals surface area contributed by atoms with E-state index in [-0.39, 0.29) is 23.4 Å². The van der Waals surface area contributed by atoms with E-state index in [4.69, 9.17) is 0 Å². The summed E-state index contributed by atoms with van der Waals surface area (Å²) >= 11 is 0. The van der Waals surface area contributed by atoms with Gasteiger partial charge in [-0.15, -0.1) is 0 Å². The third-order valence-electron chi connectivity index (χ3n) is 7.98. The van der Waals surface area contributed by atoms with E-state index >= 15 is 0 Å². The van der Waals surface area contributed by atoms with Gasteiger partial charge in [0.2, 0.25) is 23.6 Å². The third kappa shape index (κ3) is 12.7. The first-order valence-corrected chi connectivity index (χ1v) is 15.8. The number of amides is 6. The van der Waals surface area contributed by atoms with Crippen LogP contribution in [0, 0.1) is 10.8 Å². The largest absolute Gasteiger partial charge is 0.481 e. The van der Waals surface area contributed by atoms with Crippen LogP contribution in [-0.2, 0) is 24.0 Å². The minimum atomic E-state index is -1.44.